The summed E-state index contributed by atoms with van der Waals surface area (Å²) < 4.78 is 5.15. The summed E-state index contributed by atoms with van der Waals surface area (Å²) in [5.74, 6) is 0.641. The molecule has 1 unspecified atom stereocenters. The molecule has 1 aromatic carbocycles. The van der Waals surface area contributed by atoms with E-state index >= 15 is 0 Å². The lowest BCUT2D eigenvalue weighted by atomic mass is 9.86. The Hall–Kier alpha value is -3.85. The molecule has 9 heteroatoms. The first kappa shape index (κ1) is 35.2. The smallest absolute Gasteiger partial charge is 0.407 e. The molecule has 2 amide bonds. The van der Waals surface area contributed by atoms with Crippen LogP contribution < -0.4 is 16.0 Å². The van der Waals surface area contributed by atoms with Crippen LogP contribution in [0.1, 0.15) is 97.5 Å². The van der Waals surface area contributed by atoms with E-state index in [-0.39, 0.29) is 11.5 Å². The van der Waals surface area contributed by atoms with Crippen molar-refractivity contribution in [2.75, 3.05) is 18.9 Å². The Labute approximate surface area is 245 Å². The number of nitrogens with zero attached hydrogens (tertiary/aromatic N) is 2. The molecule has 3 N–H and O–H groups in total. The first-order valence-corrected chi connectivity index (χ1v) is 14.5. The Morgan fingerprint density at radius 1 is 1.12 bits per heavy atom. The predicted molar refractivity (Wildman–Crippen MR) is 162 cm³/mol. The molecule has 1 fully saturated rings. The van der Waals surface area contributed by atoms with Gasteiger partial charge in [0.25, 0.3) is 0 Å². The van der Waals surface area contributed by atoms with Crippen molar-refractivity contribution in [3.8, 4) is 12.1 Å². The summed E-state index contributed by atoms with van der Waals surface area (Å²) in [6, 6.07) is 10.9. The van der Waals surface area contributed by atoms with Crippen molar-refractivity contribution in [3.05, 3.63) is 35.4 Å². The second-order valence-corrected chi connectivity index (χ2v) is 11.3. The molecule has 1 aromatic rings. The summed E-state index contributed by atoms with van der Waals surface area (Å²) in [6.45, 7) is 7.72. The van der Waals surface area contributed by atoms with Gasteiger partial charge in [0.1, 0.15) is 29.6 Å². The Morgan fingerprint density at radius 3 is 2.39 bits per heavy atom. The molecule has 1 aliphatic carbocycles. The minimum absolute atomic E-state index is 0.0282. The van der Waals surface area contributed by atoms with Gasteiger partial charge in [-0.1, -0.05) is 44.2 Å². The van der Waals surface area contributed by atoms with Gasteiger partial charge >= 0.3 is 6.09 Å². The zero-order valence-electron chi connectivity index (χ0n) is 25.3. The minimum Gasteiger partial charge on any atom is -0.444 e. The van der Waals surface area contributed by atoms with Crippen molar-refractivity contribution in [2.24, 2.45) is 5.92 Å². The van der Waals surface area contributed by atoms with Crippen LogP contribution >= 0.6 is 0 Å². The lowest BCUT2D eigenvalue weighted by molar-refractivity contribution is -0.124. The standard InChI is InChI=1S/C20H36N2O4.C12H11N3/c1-20(2,3)26-19(25)21-14-8-7-11-17(15-23)22-18(24)13-12-16-9-5-4-6-10-16;1-9(11(7-13)8-14)10-4-3-5-12(6-10)15-2/h15-17H,4-14H2,1-3H3,(H,21,25)(H,22,24);3-6,15H,1-2H3. The molecule has 0 bridgehead atoms. The molecule has 0 aliphatic heterocycles. The molecule has 224 valence electrons. The summed E-state index contributed by atoms with van der Waals surface area (Å²) in [5.41, 5.74) is 2.21. The van der Waals surface area contributed by atoms with Crippen LogP contribution in [-0.2, 0) is 14.3 Å². The molecule has 0 radical (unpaired) electrons. The van der Waals surface area contributed by atoms with E-state index in [4.69, 9.17) is 15.3 Å². The van der Waals surface area contributed by atoms with Crippen molar-refractivity contribution in [1.82, 2.24) is 10.6 Å². The highest BCUT2D eigenvalue weighted by Crippen LogP contribution is 2.27. The predicted octanol–water partition coefficient (Wildman–Crippen LogP) is 6.27. The zero-order chi connectivity index (χ0) is 30.7. The first-order chi connectivity index (χ1) is 19.5. The van der Waals surface area contributed by atoms with Gasteiger partial charge in [0.15, 0.2) is 0 Å². The molecular weight excluding hydrogens is 518 g/mol. The second kappa shape index (κ2) is 19.3. The summed E-state index contributed by atoms with van der Waals surface area (Å²) in [5, 5.41) is 26.0. The van der Waals surface area contributed by atoms with Gasteiger partial charge in [-0.2, -0.15) is 10.5 Å². The van der Waals surface area contributed by atoms with E-state index in [1.165, 1.54) is 32.1 Å². The average molecular weight is 566 g/mol. The largest absolute Gasteiger partial charge is 0.444 e. The maximum Gasteiger partial charge on any atom is 0.407 e. The van der Waals surface area contributed by atoms with Crippen LogP contribution in [0.5, 0.6) is 0 Å². The van der Waals surface area contributed by atoms with Gasteiger partial charge < -0.3 is 25.5 Å². The number of carbonyl (C=O) groups excluding carboxylic acids is 3. The van der Waals surface area contributed by atoms with E-state index in [0.29, 0.717) is 30.9 Å². The van der Waals surface area contributed by atoms with Gasteiger partial charge in [0, 0.05) is 25.7 Å². The Morgan fingerprint density at radius 2 is 1.80 bits per heavy atom. The number of aldehydes is 1. The summed E-state index contributed by atoms with van der Waals surface area (Å²) in [4.78, 5) is 34.7. The van der Waals surface area contributed by atoms with E-state index in [0.717, 1.165) is 36.8 Å². The number of anilines is 1. The normalized spacial score (nSPS) is 13.6. The van der Waals surface area contributed by atoms with Gasteiger partial charge in [-0.05, 0) is 82.6 Å². The number of rotatable bonds is 12. The topological polar surface area (TPSA) is 144 Å². The van der Waals surface area contributed by atoms with Crippen molar-refractivity contribution >= 4 is 29.5 Å². The summed E-state index contributed by atoms with van der Waals surface area (Å²) >= 11 is 0. The van der Waals surface area contributed by atoms with E-state index in [1.807, 2.05) is 64.2 Å². The number of hydrogen-bond acceptors (Lipinski definition) is 7. The van der Waals surface area contributed by atoms with E-state index in [9.17, 15) is 14.4 Å². The summed E-state index contributed by atoms with van der Waals surface area (Å²) in [7, 11) is 1.83. The van der Waals surface area contributed by atoms with Crippen LogP contribution in [0.3, 0.4) is 0 Å². The van der Waals surface area contributed by atoms with Crippen LogP contribution in [0.2, 0.25) is 0 Å². The molecule has 1 aliphatic rings. The zero-order valence-corrected chi connectivity index (χ0v) is 25.3. The highest BCUT2D eigenvalue weighted by molar-refractivity contribution is 5.79. The van der Waals surface area contributed by atoms with Crippen LogP contribution in [-0.4, -0.2) is 43.5 Å². The second-order valence-electron chi connectivity index (χ2n) is 11.3. The molecule has 0 spiro atoms. The molecule has 2 rings (SSSR count). The number of amides is 2. The maximum absolute atomic E-state index is 12.0. The summed E-state index contributed by atoms with van der Waals surface area (Å²) in [6.07, 6.45) is 10.2. The van der Waals surface area contributed by atoms with Crippen LogP contribution in [0.25, 0.3) is 5.57 Å². The third-order valence-corrected chi connectivity index (χ3v) is 6.81. The Bertz CT molecular complexity index is 1070. The highest BCUT2D eigenvalue weighted by Gasteiger charge is 2.17. The molecule has 1 saturated carbocycles. The third-order valence-electron chi connectivity index (χ3n) is 6.81. The average Bonchev–Trinajstić information content (AvgIpc) is 2.95. The highest BCUT2D eigenvalue weighted by atomic mass is 16.6. The first-order valence-electron chi connectivity index (χ1n) is 14.5. The fourth-order valence-corrected chi connectivity index (χ4v) is 4.50. The maximum atomic E-state index is 12.0. The number of carbonyl (C=O) groups is 3. The van der Waals surface area contributed by atoms with Crippen molar-refractivity contribution in [1.29, 1.82) is 10.5 Å². The number of unbranched alkanes of at least 4 members (excludes halogenated alkanes) is 1. The molecule has 9 nitrogen and oxygen atoms in total. The van der Waals surface area contributed by atoms with Gasteiger partial charge in [0.2, 0.25) is 5.91 Å². The van der Waals surface area contributed by atoms with E-state index in [2.05, 4.69) is 16.0 Å². The lowest BCUT2D eigenvalue weighted by Gasteiger charge is -2.21. The van der Waals surface area contributed by atoms with Gasteiger partial charge in [-0.15, -0.1) is 0 Å². The minimum atomic E-state index is -0.505. The Balaban J connectivity index is 0.000000474. The van der Waals surface area contributed by atoms with Crippen molar-refractivity contribution in [3.63, 3.8) is 0 Å². The number of hydrogen-bond donors (Lipinski definition) is 3. The fraction of sp³-hybridized carbons (Fsp3) is 0.594. The molecule has 41 heavy (non-hydrogen) atoms. The van der Waals surface area contributed by atoms with Crippen LogP contribution in [0.4, 0.5) is 10.5 Å². The third kappa shape index (κ3) is 15.5. The van der Waals surface area contributed by atoms with Crippen LogP contribution in [0.15, 0.2) is 29.8 Å². The number of nitriles is 2. The van der Waals surface area contributed by atoms with Crippen LogP contribution in [0, 0.1) is 28.6 Å². The number of alkyl carbamates (subject to hydrolysis) is 1. The van der Waals surface area contributed by atoms with Gasteiger partial charge in [-0.3, -0.25) is 4.79 Å². The SMILES string of the molecule is CC(C)(C)OC(=O)NCCCCC(C=O)NC(=O)CCC1CCCCC1.CNc1cccc(C(C)=C(C#N)C#N)c1. The van der Waals surface area contributed by atoms with Gasteiger partial charge in [-0.25, -0.2) is 4.79 Å². The Kier molecular flexibility index (Phi) is 16.5. The number of nitrogens with one attached hydrogen (secondary N) is 3. The number of ether oxygens (including phenoxy) is 1. The molecule has 0 aromatic heterocycles. The lowest BCUT2D eigenvalue weighted by Crippen LogP contribution is -2.36. The quantitative estimate of drug-likeness (QED) is 0.154. The van der Waals surface area contributed by atoms with E-state index < -0.39 is 17.7 Å². The van der Waals surface area contributed by atoms with E-state index in [1.54, 1.807) is 6.92 Å². The fourth-order valence-electron chi connectivity index (χ4n) is 4.50. The number of benzene rings is 1. The molecule has 1 atom stereocenters. The monoisotopic (exact) mass is 565 g/mol. The van der Waals surface area contributed by atoms with Crippen molar-refractivity contribution < 1.29 is 19.1 Å². The van der Waals surface area contributed by atoms with Crippen molar-refractivity contribution in [2.45, 2.75) is 104 Å². The number of allylic oxidation sites excluding steroid dienone is 2. The molecule has 0 heterocycles. The molecule has 0 saturated heterocycles. The molecular formula is C32H47N5O4. The van der Waals surface area contributed by atoms with Gasteiger partial charge in [0.05, 0.1) is 6.04 Å².